The van der Waals surface area contributed by atoms with Gasteiger partial charge in [0.15, 0.2) is 0 Å². The number of rotatable bonds is 4. The molecule has 6 nitrogen and oxygen atoms in total. The third kappa shape index (κ3) is 2.71. The second kappa shape index (κ2) is 6.40. The largest absolute Gasteiger partial charge is 0.497 e. The predicted octanol–water partition coefficient (Wildman–Crippen LogP) is 3.17. The van der Waals surface area contributed by atoms with Gasteiger partial charge in [0.1, 0.15) is 11.5 Å². The highest BCUT2D eigenvalue weighted by Crippen LogP contribution is 2.23. The van der Waals surface area contributed by atoms with E-state index >= 15 is 0 Å². The molecule has 4 rings (SSSR count). The minimum atomic E-state index is -0.188. The molecule has 0 unspecified atom stereocenters. The molecule has 0 N–H and O–H groups in total. The van der Waals surface area contributed by atoms with Crippen LogP contribution in [0.2, 0.25) is 0 Å². The van der Waals surface area contributed by atoms with Crippen molar-refractivity contribution in [2.75, 3.05) is 14.2 Å². The summed E-state index contributed by atoms with van der Waals surface area (Å²) in [7, 11) is 3.23. The SMILES string of the molecule is COc1ccc(-n2ccn3cc(-c4cccc(OC)c4)nc3c2=O)cc1. The van der Waals surface area contributed by atoms with Gasteiger partial charge in [-0.25, -0.2) is 4.98 Å². The third-order valence-electron chi connectivity index (χ3n) is 4.23. The van der Waals surface area contributed by atoms with Gasteiger partial charge in [-0.1, -0.05) is 12.1 Å². The molecule has 0 radical (unpaired) electrons. The van der Waals surface area contributed by atoms with E-state index in [-0.39, 0.29) is 5.56 Å². The van der Waals surface area contributed by atoms with Crippen molar-refractivity contribution in [2.24, 2.45) is 0 Å². The smallest absolute Gasteiger partial charge is 0.298 e. The van der Waals surface area contributed by atoms with Crippen LogP contribution in [0.25, 0.3) is 22.6 Å². The molecule has 2 aromatic heterocycles. The molecule has 2 aromatic carbocycles. The molecule has 0 bridgehead atoms. The van der Waals surface area contributed by atoms with E-state index in [4.69, 9.17) is 9.47 Å². The number of methoxy groups -OCH3 is 2. The van der Waals surface area contributed by atoms with Gasteiger partial charge in [0.05, 0.1) is 19.9 Å². The number of aromatic nitrogens is 3. The highest BCUT2D eigenvalue weighted by molar-refractivity contribution is 5.64. The Morgan fingerprint density at radius 2 is 1.69 bits per heavy atom. The number of imidazole rings is 1. The topological polar surface area (TPSA) is 57.8 Å². The molecule has 0 aliphatic heterocycles. The summed E-state index contributed by atoms with van der Waals surface area (Å²) in [5.74, 6) is 1.49. The highest BCUT2D eigenvalue weighted by Gasteiger charge is 2.11. The quantitative estimate of drug-likeness (QED) is 0.569. The number of hydrogen-bond acceptors (Lipinski definition) is 4. The summed E-state index contributed by atoms with van der Waals surface area (Å²) in [6, 6.07) is 14.9. The van der Waals surface area contributed by atoms with Crippen molar-refractivity contribution in [3.8, 4) is 28.4 Å². The van der Waals surface area contributed by atoms with E-state index in [1.165, 1.54) is 0 Å². The summed E-state index contributed by atoms with van der Waals surface area (Å²) in [4.78, 5) is 17.4. The monoisotopic (exact) mass is 347 g/mol. The van der Waals surface area contributed by atoms with Crippen molar-refractivity contribution in [2.45, 2.75) is 0 Å². The first kappa shape index (κ1) is 16.0. The van der Waals surface area contributed by atoms with Crippen molar-refractivity contribution < 1.29 is 9.47 Å². The van der Waals surface area contributed by atoms with Gasteiger partial charge < -0.3 is 13.9 Å². The van der Waals surface area contributed by atoms with Crippen molar-refractivity contribution >= 4 is 5.65 Å². The van der Waals surface area contributed by atoms with E-state index < -0.39 is 0 Å². The maximum Gasteiger partial charge on any atom is 0.298 e. The van der Waals surface area contributed by atoms with Crippen LogP contribution in [0.1, 0.15) is 0 Å². The fourth-order valence-electron chi connectivity index (χ4n) is 2.85. The number of ether oxygens (including phenoxy) is 2. The van der Waals surface area contributed by atoms with E-state index in [1.807, 2.05) is 60.9 Å². The summed E-state index contributed by atoms with van der Waals surface area (Å²) >= 11 is 0. The second-order valence-electron chi connectivity index (χ2n) is 5.76. The lowest BCUT2D eigenvalue weighted by atomic mass is 10.1. The molecular weight excluding hydrogens is 330 g/mol. The highest BCUT2D eigenvalue weighted by atomic mass is 16.5. The summed E-state index contributed by atoms with van der Waals surface area (Å²) in [6.07, 6.45) is 5.38. The average Bonchev–Trinajstić information content (AvgIpc) is 3.14. The number of hydrogen-bond donors (Lipinski definition) is 0. The van der Waals surface area contributed by atoms with Gasteiger partial charge >= 0.3 is 0 Å². The minimum absolute atomic E-state index is 0.188. The maximum absolute atomic E-state index is 12.9. The average molecular weight is 347 g/mol. The fourth-order valence-corrected chi connectivity index (χ4v) is 2.85. The first-order valence-electron chi connectivity index (χ1n) is 8.09. The Morgan fingerprint density at radius 1 is 0.923 bits per heavy atom. The number of benzene rings is 2. The molecule has 0 aliphatic carbocycles. The van der Waals surface area contributed by atoms with Crippen LogP contribution in [0.4, 0.5) is 0 Å². The van der Waals surface area contributed by atoms with Crippen LogP contribution < -0.4 is 15.0 Å². The maximum atomic E-state index is 12.9. The molecule has 0 saturated carbocycles. The number of fused-ring (bicyclic) bond motifs is 1. The zero-order valence-electron chi connectivity index (χ0n) is 14.4. The van der Waals surface area contributed by atoms with Crippen LogP contribution in [-0.2, 0) is 0 Å². The molecule has 0 spiro atoms. The molecule has 0 aliphatic rings. The van der Waals surface area contributed by atoms with Crippen LogP contribution in [0.3, 0.4) is 0 Å². The van der Waals surface area contributed by atoms with Crippen molar-refractivity contribution in [3.05, 3.63) is 77.5 Å². The molecule has 0 atom stereocenters. The third-order valence-corrected chi connectivity index (χ3v) is 4.23. The second-order valence-corrected chi connectivity index (χ2v) is 5.76. The van der Waals surface area contributed by atoms with Gasteiger partial charge in [-0.05, 0) is 36.4 Å². The van der Waals surface area contributed by atoms with Crippen molar-refractivity contribution in [1.29, 1.82) is 0 Å². The lowest BCUT2D eigenvalue weighted by Crippen LogP contribution is -2.19. The number of nitrogens with zero attached hydrogens (tertiary/aromatic N) is 3. The Morgan fingerprint density at radius 3 is 2.42 bits per heavy atom. The van der Waals surface area contributed by atoms with Gasteiger partial charge in [-0.3, -0.25) is 9.36 Å². The van der Waals surface area contributed by atoms with Crippen LogP contribution in [0.5, 0.6) is 11.5 Å². The van der Waals surface area contributed by atoms with E-state index in [0.29, 0.717) is 11.3 Å². The molecule has 0 amide bonds. The molecular formula is C20H17N3O3. The van der Waals surface area contributed by atoms with Crippen LogP contribution >= 0.6 is 0 Å². The fraction of sp³-hybridized carbons (Fsp3) is 0.100. The Kier molecular flexibility index (Phi) is 3.93. The van der Waals surface area contributed by atoms with E-state index in [9.17, 15) is 4.79 Å². The Hall–Kier alpha value is -3.54. The normalized spacial score (nSPS) is 10.8. The molecule has 4 aromatic rings. The van der Waals surface area contributed by atoms with Gasteiger partial charge in [0, 0.05) is 29.8 Å². The molecule has 0 fully saturated rings. The summed E-state index contributed by atoms with van der Waals surface area (Å²) in [5.41, 5.74) is 2.54. The first-order chi connectivity index (χ1) is 12.7. The standard InChI is InChI=1S/C20H17N3O3/c1-25-16-8-6-15(7-9-16)23-11-10-22-13-18(21-19(22)20(23)24)14-4-3-5-17(12-14)26-2/h3-13H,1-2H3. The zero-order valence-corrected chi connectivity index (χ0v) is 14.4. The minimum Gasteiger partial charge on any atom is -0.497 e. The lowest BCUT2D eigenvalue weighted by Gasteiger charge is -2.06. The molecule has 0 saturated heterocycles. The van der Waals surface area contributed by atoms with Crippen LogP contribution in [0.15, 0.2) is 71.9 Å². The van der Waals surface area contributed by atoms with E-state index in [0.717, 1.165) is 22.7 Å². The van der Waals surface area contributed by atoms with Crippen LogP contribution in [-0.4, -0.2) is 28.2 Å². The summed E-state index contributed by atoms with van der Waals surface area (Å²) < 4.78 is 13.7. The lowest BCUT2D eigenvalue weighted by molar-refractivity contribution is 0.414. The van der Waals surface area contributed by atoms with Crippen molar-refractivity contribution in [1.82, 2.24) is 14.0 Å². The molecule has 2 heterocycles. The van der Waals surface area contributed by atoms with Gasteiger partial charge in [-0.2, -0.15) is 0 Å². The van der Waals surface area contributed by atoms with Crippen LogP contribution in [0, 0.1) is 0 Å². The van der Waals surface area contributed by atoms with Crippen molar-refractivity contribution in [3.63, 3.8) is 0 Å². The Bertz CT molecular complexity index is 1130. The predicted molar refractivity (Wildman–Crippen MR) is 99.3 cm³/mol. The first-order valence-corrected chi connectivity index (χ1v) is 8.09. The molecule has 6 heteroatoms. The van der Waals surface area contributed by atoms with E-state index in [1.54, 1.807) is 29.4 Å². The van der Waals surface area contributed by atoms with Gasteiger partial charge in [-0.15, -0.1) is 0 Å². The van der Waals surface area contributed by atoms with E-state index in [2.05, 4.69) is 4.98 Å². The molecule has 130 valence electrons. The van der Waals surface area contributed by atoms with Gasteiger partial charge in [0.25, 0.3) is 5.56 Å². The Labute approximate surface area is 149 Å². The van der Waals surface area contributed by atoms with Gasteiger partial charge in [0.2, 0.25) is 5.65 Å². The summed E-state index contributed by atoms with van der Waals surface area (Å²) in [6.45, 7) is 0. The zero-order chi connectivity index (χ0) is 18.1. The summed E-state index contributed by atoms with van der Waals surface area (Å²) in [5, 5.41) is 0. The molecule has 26 heavy (non-hydrogen) atoms. The Balaban J connectivity index is 1.81.